The number of nitrogens with two attached hydrogens (primary N) is 1. The van der Waals surface area contributed by atoms with Crippen LogP contribution in [0.3, 0.4) is 0 Å². The number of oxazole rings is 1. The average Bonchev–Trinajstić information content (AvgIpc) is 2.94. The number of hydrogen-bond donors (Lipinski definition) is 1. The van der Waals surface area contributed by atoms with E-state index in [-0.39, 0.29) is 0 Å². The van der Waals surface area contributed by atoms with Gasteiger partial charge < -0.3 is 10.2 Å². The van der Waals surface area contributed by atoms with Gasteiger partial charge >= 0.3 is 0 Å². The molecule has 5 nitrogen and oxygen atoms in total. The minimum absolute atomic E-state index is 0.320. The molecule has 2 aromatic rings. The van der Waals surface area contributed by atoms with E-state index in [1.165, 1.54) is 0 Å². The van der Waals surface area contributed by atoms with E-state index in [0.29, 0.717) is 12.4 Å². The van der Waals surface area contributed by atoms with Gasteiger partial charge in [-0.15, -0.1) is 0 Å². The zero-order valence-corrected chi connectivity index (χ0v) is 9.60. The van der Waals surface area contributed by atoms with Crippen LogP contribution < -0.4 is 5.73 Å². The molecule has 0 spiro atoms. The van der Waals surface area contributed by atoms with E-state index in [1.54, 1.807) is 6.20 Å². The summed E-state index contributed by atoms with van der Waals surface area (Å²) < 4.78 is 7.44. The highest BCUT2D eigenvalue weighted by atomic mass is 16.4. The molecule has 2 aromatic heterocycles. The lowest BCUT2D eigenvalue weighted by Gasteiger charge is -1.99. The van der Waals surface area contributed by atoms with E-state index in [9.17, 15) is 0 Å². The molecule has 0 aliphatic heterocycles. The molecule has 0 aliphatic carbocycles. The quantitative estimate of drug-likeness (QED) is 0.849. The second-order valence-corrected chi connectivity index (χ2v) is 3.51. The molecule has 0 bridgehead atoms. The van der Waals surface area contributed by atoms with Crippen molar-refractivity contribution in [2.75, 3.05) is 0 Å². The van der Waals surface area contributed by atoms with Gasteiger partial charge in [-0.05, 0) is 19.4 Å². The summed E-state index contributed by atoms with van der Waals surface area (Å²) in [4.78, 5) is 4.09. The maximum Gasteiger partial charge on any atom is 0.208 e. The number of aryl methyl sites for hydroxylation is 2. The van der Waals surface area contributed by atoms with E-state index in [4.69, 9.17) is 10.2 Å². The Balaban J connectivity index is 2.41. The Hall–Kier alpha value is -1.62. The Morgan fingerprint density at radius 2 is 2.25 bits per heavy atom. The van der Waals surface area contributed by atoms with Crippen LogP contribution in [0.15, 0.2) is 16.7 Å². The maximum absolute atomic E-state index is 5.52. The highest BCUT2D eigenvalue weighted by Gasteiger charge is 2.12. The van der Waals surface area contributed by atoms with E-state index >= 15 is 0 Å². The van der Waals surface area contributed by atoms with E-state index in [2.05, 4.69) is 23.9 Å². The van der Waals surface area contributed by atoms with Crippen molar-refractivity contribution in [1.82, 2.24) is 14.8 Å². The van der Waals surface area contributed by atoms with Gasteiger partial charge in [0.25, 0.3) is 0 Å². The summed E-state index contributed by atoms with van der Waals surface area (Å²) in [6.07, 6.45) is 2.61. The lowest BCUT2D eigenvalue weighted by Crippen LogP contribution is -1.99. The highest BCUT2D eigenvalue weighted by Crippen LogP contribution is 2.21. The van der Waals surface area contributed by atoms with Gasteiger partial charge in [0.15, 0.2) is 5.76 Å². The summed E-state index contributed by atoms with van der Waals surface area (Å²) in [5, 5.41) is 4.46. The fourth-order valence-corrected chi connectivity index (χ4v) is 1.61. The highest BCUT2D eigenvalue weighted by molar-refractivity contribution is 5.52. The monoisotopic (exact) mass is 220 g/mol. The van der Waals surface area contributed by atoms with Gasteiger partial charge in [-0.3, -0.25) is 4.68 Å². The molecule has 0 amide bonds. The van der Waals surface area contributed by atoms with Gasteiger partial charge in [0.2, 0.25) is 5.89 Å². The molecule has 0 fully saturated rings. The Morgan fingerprint density at radius 1 is 1.44 bits per heavy atom. The van der Waals surface area contributed by atoms with Gasteiger partial charge in [-0.2, -0.15) is 5.10 Å². The van der Waals surface area contributed by atoms with Crippen molar-refractivity contribution < 1.29 is 4.42 Å². The largest absolute Gasteiger partial charge is 0.438 e. The fraction of sp³-hybridized carbons (Fsp3) is 0.455. The van der Waals surface area contributed by atoms with Crippen LogP contribution in [0, 0.1) is 0 Å². The Bertz CT molecular complexity index is 472. The fourth-order valence-electron chi connectivity index (χ4n) is 1.61. The van der Waals surface area contributed by atoms with Crippen molar-refractivity contribution in [3.05, 3.63) is 23.8 Å². The molecule has 2 rings (SSSR count). The molecule has 0 radical (unpaired) electrons. The predicted molar refractivity (Wildman–Crippen MR) is 60.7 cm³/mol. The normalized spacial score (nSPS) is 10.9. The van der Waals surface area contributed by atoms with Crippen molar-refractivity contribution in [2.45, 2.75) is 33.4 Å². The van der Waals surface area contributed by atoms with Crippen molar-refractivity contribution >= 4 is 0 Å². The smallest absolute Gasteiger partial charge is 0.208 e. The van der Waals surface area contributed by atoms with Crippen molar-refractivity contribution in [1.29, 1.82) is 0 Å². The molecule has 2 heterocycles. The molecule has 0 atom stereocenters. The Morgan fingerprint density at radius 3 is 2.81 bits per heavy atom. The molecular formula is C11H16N4O. The third-order valence-corrected chi connectivity index (χ3v) is 2.47. The van der Waals surface area contributed by atoms with E-state index in [1.807, 2.05) is 10.7 Å². The van der Waals surface area contributed by atoms with Gasteiger partial charge in [0.05, 0.1) is 18.4 Å². The van der Waals surface area contributed by atoms with Gasteiger partial charge in [-0.1, -0.05) is 6.92 Å². The summed E-state index contributed by atoms with van der Waals surface area (Å²) in [5.74, 6) is 1.28. The van der Waals surface area contributed by atoms with E-state index < -0.39 is 0 Å². The summed E-state index contributed by atoms with van der Waals surface area (Å²) in [7, 11) is 0. The molecule has 86 valence electrons. The molecular weight excluding hydrogens is 204 g/mol. The number of rotatable bonds is 4. The van der Waals surface area contributed by atoms with Crippen molar-refractivity contribution in [2.24, 2.45) is 5.73 Å². The molecule has 0 saturated heterocycles. The lowest BCUT2D eigenvalue weighted by atomic mass is 10.3. The Kier molecular flexibility index (Phi) is 3.05. The second kappa shape index (κ2) is 4.49. The number of aromatic nitrogens is 3. The summed E-state index contributed by atoms with van der Waals surface area (Å²) >= 11 is 0. The first-order chi connectivity index (χ1) is 7.78. The maximum atomic E-state index is 5.52. The number of hydrogen-bond acceptors (Lipinski definition) is 4. The molecule has 0 unspecified atom stereocenters. The van der Waals surface area contributed by atoms with Gasteiger partial charge in [0, 0.05) is 6.54 Å². The van der Waals surface area contributed by atoms with Crippen LogP contribution in [-0.2, 0) is 19.5 Å². The van der Waals surface area contributed by atoms with Crippen molar-refractivity contribution in [3.63, 3.8) is 0 Å². The average molecular weight is 220 g/mol. The minimum Gasteiger partial charge on any atom is -0.438 e. The lowest BCUT2D eigenvalue weighted by molar-refractivity contribution is 0.502. The topological polar surface area (TPSA) is 69.9 Å². The van der Waals surface area contributed by atoms with Crippen LogP contribution in [0.5, 0.6) is 0 Å². The zero-order valence-electron chi connectivity index (χ0n) is 9.60. The summed E-state index contributed by atoms with van der Waals surface area (Å²) in [6, 6.07) is 2.03. The minimum atomic E-state index is 0.320. The van der Waals surface area contributed by atoms with Crippen LogP contribution in [0.1, 0.15) is 25.4 Å². The summed E-state index contributed by atoms with van der Waals surface area (Å²) in [6.45, 7) is 5.27. The third-order valence-electron chi connectivity index (χ3n) is 2.47. The molecule has 0 saturated carbocycles. The first-order valence-corrected chi connectivity index (χ1v) is 5.50. The van der Waals surface area contributed by atoms with Crippen LogP contribution in [-0.4, -0.2) is 14.8 Å². The first kappa shape index (κ1) is 10.9. The molecule has 0 aromatic carbocycles. The van der Waals surface area contributed by atoms with Crippen LogP contribution in [0.4, 0.5) is 0 Å². The SMILES string of the molecule is CCc1cc(-c2cnc(CN)o2)n(CC)n1. The first-order valence-electron chi connectivity index (χ1n) is 5.50. The third kappa shape index (κ3) is 1.86. The van der Waals surface area contributed by atoms with Gasteiger partial charge in [0.1, 0.15) is 5.69 Å². The number of nitrogens with zero attached hydrogens (tertiary/aromatic N) is 3. The molecule has 2 N–H and O–H groups in total. The zero-order chi connectivity index (χ0) is 11.5. The van der Waals surface area contributed by atoms with Gasteiger partial charge in [-0.25, -0.2) is 4.98 Å². The van der Waals surface area contributed by atoms with Crippen LogP contribution >= 0.6 is 0 Å². The van der Waals surface area contributed by atoms with Crippen LogP contribution in [0.25, 0.3) is 11.5 Å². The summed E-state index contributed by atoms with van der Waals surface area (Å²) in [5.41, 5.74) is 7.49. The predicted octanol–water partition coefficient (Wildman–Crippen LogP) is 1.58. The van der Waals surface area contributed by atoms with Crippen molar-refractivity contribution in [3.8, 4) is 11.5 Å². The molecule has 5 heteroatoms. The second-order valence-electron chi connectivity index (χ2n) is 3.51. The Labute approximate surface area is 94.3 Å². The van der Waals surface area contributed by atoms with E-state index in [0.717, 1.165) is 30.1 Å². The standard InChI is InChI=1S/C11H16N4O/c1-3-8-5-9(15(4-2)14-8)10-7-13-11(6-12)16-10/h5,7H,3-4,6,12H2,1-2H3. The molecule has 0 aliphatic rings. The molecule has 16 heavy (non-hydrogen) atoms. The van der Waals surface area contributed by atoms with Crippen LogP contribution in [0.2, 0.25) is 0 Å².